The van der Waals surface area contributed by atoms with Crippen molar-refractivity contribution in [2.45, 2.75) is 84.0 Å². The minimum absolute atomic E-state index is 0.225. The Morgan fingerprint density at radius 1 is 0.692 bits per heavy atom. The summed E-state index contributed by atoms with van der Waals surface area (Å²) in [6.45, 7) is 12.2. The normalized spacial score (nSPS) is 12.1. The molecule has 0 radical (unpaired) electrons. The standard InChI is InChI=1S/C23H41FO2/c1-4-22(23(24)5-2)18-16-14-12-10-8-7-9-11-13-15-17-19-26-21-20-25-6-3/h4-5H,1-2,6-21H2,3H3/b23-22-. The Hall–Kier alpha value is -0.930. The summed E-state index contributed by atoms with van der Waals surface area (Å²) >= 11 is 0. The van der Waals surface area contributed by atoms with Gasteiger partial charge in [0.25, 0.3) is 0 Å². The zero-order valence-electron chi connectivity index (χ0n) is 17.1. The molecule has 0 bridgehead atoms. The quantitative estimate of drug-likeness (QED) is 0.166. The average Bonchev–Trinajstić information content (AvgIpc) is 2.66. The monoisotopic (exact) mass is 368 g/mol. The van der Waals surface area contributed by atoms with E-state index in [2.05, 4.69) is 13.2 Å². The molecule has 0 aromatic carbocycles. The van der Waals surface area contributed by atoms with E-state index in [9.17, 15) is 4.39 Å². The number of ether oxygens (including phenoxy) is 2. The molecule has 0 aliphatic rings. The van der Waals surface area contributed by atoms with Gasteiger partial charge in [-0.05, 0) is 37.8 Å². The Kier molecular flexibility index (Phi) is 19.7. The third-order valence-electron chi connectivity index (χ3n) is 4.54. The highest BCUT2D eigenvalue weighted by Crippen LogP contribution is 2.18. The molecule has 0 spiro atoms. The van der Waals surface area contributed by atoms with E-state index in [0.29, 0.717) is 12.2 Å². The molecule has 0 aromatic rings. The zero-order chi connectivity index (χ0) is 19.3. The van der Waals surface area contributed by atoms with Crippen LogP contribution in [0.25, 0.3) is 0 Å². The smallest absolute Gasteiger partial charge is 0.125 e. The fourth-order valence-electron chi connectivity index (χ4n) is 2.92. The lowest BCUT2D eigenvalue weighted by atomic mass is 10.0. The van der Waals surface area contributed by atoms with Crippen LogP contribution in [0, 0.1) is 0 Å². The second-order valence-electron chi connectivity index (χ2n) is 6.73. The van der Waals surface area contributed by atoms with Crippen molar-refractivity contribution in [3.05, 3.63) is 36.7 Å². The molecule has 0 heterocycles. The van der Waals surface area contributed by atoms with Crippen molar-refractivity contribution >= 4 is 0 Å². The van der Waals surface area contributed by atoms with Crippen molar-refractivity contribution in [3.63, 3.8) is 0 Å². The van der Waals surface area contributed by atoms with E-state index in [4.69, 9.17) is 9.47 Å². The van der Waals surface area contributed by atoms with Gasteiger partial charge in [-0.2, -0.15) is 0 Å². The van der Waals surface area contributed by atoms with E-state index in [-0.39, 0.29) is 5.83 Å². The Morgan fingerprint density at radius 3 is 1.69 bits per heavy atom. The van der Waals surface area contributed by atoms with Crippen molar-refractivity contribution in [1.82, 2.24) is 0 Å². The highest BCUT2D eigenvalue weighted by molar-refractivity contribution is 5.26. The van der Waals surface area contributed by atoms with Gasteiger partial charge in [0.05, 0.1) is 13.2 Å². The second kappa shape index (κ2) is 20.4. The molecule has 0 saturated carbocycles. The lowest BCUT2D eigenvalue weighted by Gasteiger charge is -2.05. The molecule has 3 heteroatoms. The second-order valence-corrected chi connectivity index (χ2v) is 6.73. The Labute approximate surface area is 161 Å². The number of halogens is 1. The fourth-order valence-corrected chi connectivity index (χ4v) is 2.92. The molecular weight excluding hydrogens is 327 g/mol. The van der Waals surface area contributed by atoms with E-state index < -0.39 is 0 Å². The summed E-state index contributed by atoms with van der Waals surface area (Å²) < 4.78 is 24.1. The molecule has 0 aromatic heterocycles. The minimum Gasteiger partial charge on any atom is -0.379 e. The summed E-state index contributed by atoms with van der Waals surface area (Å²) in [6.07, 6.45) is 17.5. The summed E-state index contributed by atoms with van der Waals surface area (Å²) in [5, 5.41) is 0. The molecule has 26 heavy (non-hydrogen) atoms. The van der Waals surface area contributed by atoms with Crippen LogP contribution in [-0.4, -0.2) is 26.4 Å². The molecule has 152 valence electrons. The van der Waals surface area contributed by atoms with Crippen LogP contribution in [0.3, 0.4) is 0 Å². The molecular formula is C23H41FO2. The zero-order valence-corrected chi connectivity index (χ0v) is 17.1. The van der Waals surface area contributed by atoms with Gasteiger partial charge in [0.1, 0.15) is 5.83 Å². The van der Waals surface area contributed by atoms with Crippen LogP contribution in [0.4, 0.5) is 4.39 Å². The number of unbranched alkanes of at least 4 members (excludes halogenated alkanes) is 10. The molecule has 0 atom stereocenters. The van der Waals surface area contributed by atoms with Gasteiger partial charge in [0.2, 0.25) is 0 Å². The topological polar surface area (TPSA) is 18.5 Å². The van der Waals surface area contributed by atoms with Crippen LogP contribution in [0.2, 0.25) is 0 Å². The number of allylic oxidation sites excluding steroid dienone is 4. The Morgan fingerprint density at radius 2 is 1.19 bits per heavy atom. The van der Waals surface area contributed by atoms with Gasteiger partial charge in [-0.15, -0.1) is 0 Å². The van der Waals surface area contributed by atoms with E-state index in [1.807, 2.05) is 6.92 Å². The predicted octanol–water partition coefficient (Wildman–Crippen LogP) is 7.32. The summed E-state index contributed by atoms with van der Waals surface area (Å²) in [4.78, 5) is 0. The average molecular weight is 369 g/mol. The van der Waals surface area contributed by atoms with Gasteiger partial charge in [-0.1, -0.05) is 77.0 Å². The first kappa shape index (κ1) is 25.1. The highest BCUT2D eigenvalue weighted by atomic mass is 19.1. The largest absolute Gasteiger partial charge is 0.379 e. The van der Waals surface area contributed by atoms with E-state index in [1.165, 1.54) is 70.3 Å². The van der Waals surface area contributed by atoms with Gasteiger partial charge in [-0.3, -0.25) is 0 Å². The maximum atomic E-state index is 13.4. The third-order valence-corrected chi connectivity index (χ3v) is 4.54. The molecule has 0 amide bonds. The van der Waals surface area contributed by atoms with Crippen molar-refractivity contribution in [2.24, 2.45) is 0 Å². The van der Waals surface area contributed by atoms with Crippen LogP contribution < -0.4 is 0 Å². The molecule has 0 N–H and O–H groups in total. The Bertz CT molecular complexity index is 363. The summed E-state index contributed by atoms with van der Waals surface area (Å²) in [5.41, 5.74) is 0.694. The van der Waals surface area contributed by atoms with Crippen molar-refractivity contribution < 1.29 is 13.9 Å². The lowest BCUT2D eigenvalue weighted by Crippen LogP contribution is -2.04. The van der Waals surface area contributed by atoms with Gasteiger partial charge in [0.15, 0.2) is 0 Å². The summed E-state index contributed by atoms with van der Waals surface area (Å²) in [7, 11) is 0. The molecule has 0 aliphatic heterocycles. The van der Waals surface area contributed by atoms with Crippen LogP contribution >= 0.6 is 0 Å². The van der Waals surface area contributed by atoms with Crippen LogP contribution in [0.5, 0.6) is 0 Å². The molecule has 0 saturated heterocycles. The highest BCUT2D eigenvalue weighted by Gasteiger charge is 2.00. The number of hydrogen-bond acceptors (Lipinski definition) is 2. The van der Waals surface area contributed by atoms with Crippen molar-refractivity contribution in [1.29, 1.82) is 0 Å². The van der Waals surface area contributed by atoms with E-state index in [0.717, 1.165) is 32.7 Å². The minimum atomic E-state index is -0.225. The van der Waals surface area contributed by atoms with Gasteiger partial charge in [-0.25, -0.2) is 4.39 Å². The first-order chi connectivity index (χ1) is 12.8. The van der Waals surface area contributed by atoms with Crippen molar-refractivity contribution in [2.75, 3.05) is 26.4 Å². The van der Waals surface area contributed by atoms with Crippen LogP contribution in [-0.2, 0) is 9.47 Å². The van der Waals surface area contributed by atoms with Gasteiger partial charge >= 0.3 is 0 Å². The van der Waals surface area contributed by atoms with E-state index >= 15 is 0 Å². The predicted molar refractivity (Wildman–Crippen MR) is 111 cm³/mol. The maximum absolute atomic E-state index is 13.4. The molecule has 0 unspecified atom stereocenters. The SMILES string of the molecule is C=C/C(F)=C(\C=C)CCCCCCCCCCCCCOCCOCC. The van der Waals surface area contributed by atoms with Crippen LogP contribution in [0.1, 0.15) is 84.0 Å². The van der Waals surface area contributed by atoms with Gasteiger partial charge < -0.3 is 9.47 Å². The first-order valence-electron chi connectivity index (χ1n) is 10.5. The van der Waals surface area contributed by atoms with E-state index in [1.54, 1.807) is 6.08 Å². The summed E-state index contributed by atoms with van der Waals surface area (Å²) in [6, 6.07) is 0. The number of hydrogen-bond donors (Lipinski definition) is 0. The molecule has 0 fully saturated rings. The summed E-state index contributed by atoms with van der Waals surface area (Å²) in [5.74, 6) is -0.225. The maximum Gasteiger partial charge on any atom is 0.125 e. The first-order valence-corrected chi connectivity index (χ1v) is 10.5. The van der Waals surface area contributed by atoms with Crippen molar-refractivity contribution in [3.8, 4) is 0 Å². The molecule has 0 aliphatic carbocycles. The lowest BCUT2D eigenvalue weighted by molar-refractivity contribution is 0.0512. The third kappa shape index (κ3) is 16.5. The fraction of sp³-hybridized carbons (Fsp3) is 0.739. The van der Waals surface area contributed by atoms with Crippen LogP contribution in [0.15, 0.2) is 36.7 Å². The van der Waals surface area contributed by atoms with Gasteiger partial charge in [0, 0.05) is 13.2 Å². The molecule has 0 rings (SSSR count). The number of rotatable bonds is 20. The molecule has 2 nitrogen and oxygen atoms in total. The Balaban J connectivity index is 3.22.